The number of ketones is 1. The zero-order valence-electron chi connectivity index (χ0n) is 16.1. The van der Waals surface area contributed by atoms with E-state index in [1.54, 1.807) is 32.9 Å². The summed E-state index contributed by atoms with van der Waals surface area (Å²) in [7, 11) is 0. The Morgan fingerprint density at radius 1 is 1.04 bits per heavy atom. The first kappa shape index (κ1) is 19.8. The van der Waals surface area contributed by atoms with Crippen molar-refractivity contribution in [2.75, 3.05) is 0 Å². The van der Waals surface area contributed by atoms with Gasteiger partial charge < -0.3 is 4.84 Å². The number of nitrogens with zero attached hydrogens (tertiary/aromatic N) is 1. The minimum Gasteiger partial charge on any atom is -0.325 e. The molecular weight excluding hydrogens is 334 g/mol. The highest BCUT2D eigenvalue weighted by molar-refractivity contribution is 6.05. The first-order valence-electron chi connectivity index (χ1n) is 8.56. The highest BCUT2D eigenvalue weighted by Gasteiger charge is 2.47. The van der Waals surface area contributed by atoms with Crippen LogP contribution in [0.25, 0.3) is 0 Å². The Balaban J connectivity index is 2.20. The maximum absolute atomic E-state index is 12.4. The number of Topliss-reactive ketones (excluding diaryl/α,β-unsaturated/α-hetero) is 1. The fourth-order valence-electron chi connectivity index (χ4n) is 2.74. The van der Waals surface area contributed by atoms with Crippen molar-refractivity contribution in [3.63, 3.8) is 0 Å². The Labute approximate surface area is 153 Å². The molecule has 6 heteroatoms. The SMILES string of the molecule is CC(C)(C)C(=O)c1cccc(C(=O)ON2C(=O)CC(C(C)(C)C)C2=O)c1. The molecule has 0 saturated carbocycles. The summed E-state index contributed by atoms with van der Waals surface area (Å²) >= 11 is 0. The molecule has 6 nitrogen and oxygen atoms in total. The number of carbonyl (C=O) groups excluding carboxylic acids is 4. The normalized spacial score (nSPS) is 18.2. The maximum Gasteiger partial charge on any atom is 0.363 e. The second-order valence-corrected chi connectivity index (χ2v) is 8.69. The summed E-state index contributed by atoms with van der Waals surface area (Å²) in [4.78, 5) is 54.3. The molecule has 0 aromatic heterocycles. The van der Waals surface area contributed by atoms with Gasteiger partial charge in [-0.25, -0.2) is 4.79 Å². The van der Waals surface area contributed by atoms with Crippen LogP contribution in [0.2, 0.25) is 0 Å². The molecule has 0 bridgehead atoms. The van der Waals surface area contributed by atoms with Crippen molar-refractivity contribution in [1.82, 2.24) is 5.06 Å². The van der Waals surface area contributed by atoms with Gasteiger partial charge in [0, 0.05) is 17.4 Å². The Morgan fingerprint density at radius 2 is 1.62 bits per heavy atom. The molecule has 1 atom stereocenters. The van der Waals surface area contributed by atoms with E-state index in [2.05, 4.69) is 0 Å². The predicted molar refractivity (Wildman–Crippen MR) is 95.1 cm³/mol. The van der Waals surface area contributed by atoms with Gasteiger partial charge in [0.25, 0.3) is 11.8 Å². The summed E-state index contributed by atoms with van der Waals surface area (Å²) in [6.45, 7) is 10.9. The molecule has 1 unspecified atom stereocenters. The summed E-state index contributed by atoms with van der Waals surface area (Å²) < 4.78 is 0. The molecule has 0 radical (unpaired) electrons. The van der Waals surface area contributed by atoms with Gasteiger partial charge in [0.2, 0.25) is 0 Å². The van der Waals surface area contributed by atoms with Crippen LogP contribution in [0.1, 0.15) is 68.7 Å². The molecule has 1 aliphatic rings. The van der Waals surface area contributed by atoms with Crippen LogP contribution in [-0.2, 0) is 14.4 Å². The number of rotatable bonds is 3. The van der Waals surface area contributed by atoms with Crippen LogP contribution in [0.3, 0.4) is 0 Å². The standard InChI is InChI=1S/C20H25NO5/c1-19(2,3)14-11-15(22)21(17(14)24)26-18(25)13-9-7-8-12(10-13)16(23)20(4,5)6/h7-10,14H,11H2,1-6H3. The van der Waals surface area contributed by atoms with E-state index in [0.717, 1.165) is 0 Å². The topological polar surface area (TPSA) is 80.8 Å². The number of hydrogen-bond donors (Lipinski definition) is 0. The van der Waals surface area contributed by atoms with E-state index in [1.807, 2.05) is 20.8 Å². The highest BCUT2D eigenvalue weighted by atomic mass is 16.7. The van der Waals surface area contributed by atoms with Crippen LogP contribution in [-0.4, -0.2) is 28.6 Å². The van der Waals surface area contributed by atoms with Crippen molar-refractivity contribution in [3.8, 4) is 0 Å². The molecule has 2 amide bonds. The molecular formula is C20H25NO5. The van der Waals surface area contributed by atoms with Gasteiger partial charge in [-0.05, 0) is 17.5 Å². The molecule has 1 aromatic rings. The summed E-state index contributed by atoms with van der Waals surface area (Å²) in [6, 6.07) is 6.09. The summed E-state index contributed by atoms with van der Waals surface area (Å²) in [5, 5.41) is 0.552. The molecule has 1 heterocycles. The molecule has 2 rings (SSSR count). The van der Waals surface area contributed by atoms with Crippen LogP contribution >= 0.6 is 0 Å². The predicted octanol–water partition coefficient (Wildman–Crippen LogP) is 3.41. The lowest BCUT2D eigenvalue weighted by Gasteiger charge is -2.24. The molecule has 1 aliphatic heterocycles. The molecule has 1 saturated heterocycles. The fourth-order valence-corrected chi connectivity index (χ4v) is 2.74. The smallest absolute Gasteiger partial charge is 0.325 e. The first-order valence-corrected chi connectivity index (χ1v) is 8.56. The third-order valence-electron chi connectivity index (χ3n) is 4.36. The monoisotopic (exact) mass is 359 g/mol. The van der Waals surface area contributed by atoms with E-state index in [4.69, 9.17) is 4.84 Å². The second kappa shape index (κ2) is 6.67. The van der Waals surface area contributed by atoms with Crippen molar-refractivity contribution >= 4 is 23.6 Å². The molecule has 140 valence electrons. The van der Waals surface area contributed by atoms with Crippen molar-refractivity contribution in [2.45, 2.75) is 48.0 Å². The lowest BCUT2D eigenvalue weighted by Crippen LogP contribution is -2.36. The number of amides is 2. The molecule has 0 spiro atoms. The van der Waals surface area contributed by atoms with E-state index in [-0.39, 0.29) is 17.8 Å². The molecule has 0 N–H and O–H groups in total. The molecule has 1 fully saturated rings. The van der Waals surface area contributed by atoms with E-state index in [9.17, 15) is 19.2 Å². The van der Waals surface area contributed by atoms with Crippen LogP contribution in [0.15, 0.2) is 24.3 Å². The van der Waals surface area contributed by atoms with Gasteiger partial charge in [-0.15, -0.1) is 5.06 Å². The lowest BCUT2D eigenvalue weighted by molar-refractivity contribution is -0.174. The maximum atomic E-state index is 12.4. The van der Waals surface area contributed by atoms with Crippen LogP contribution in [0.5, 0.6) is 0 Å². The van der Waals surface area contributed by atoms with Gasteiger partial charge in [0.1, 0.15) is 0 Å². The van der Waals surface area contributed by atoms with Crippen LogP contribution < -0.4 is 0 Å². The zero-order valence-corrected chi connectivity index (χ0v) is 16.1. The highest BCUT2D eigenvalue weighted by Crippen LogP contribution is 2.35. The minimum absolute atomic E-state index is 0.0121. The minimum atomic E-state index is -0.843. The van der Waals surface area contributed by atoms with Gasteiger partial charge in [0.05, 0.1) is 11.5 Å². The third kappa shape index (κ3) is 4.00. The zero-order chi connectivity index (χ0) is 19.9. The Kier molecular flexibility index (Phi) is 5.08. The van der Waals surface area contributed by atoms with E-state index >= 15 is 0 Å². The van der Waals surface area contributed by atoms with Gasteiger partial charge in [-0.2, -0.15) is 0 Å². The molecule has 26 heavy (non-hydrogen) atoms. The average Bonchev–Trinajstić information content (AvgIpc) is 2.81. The summed E-state index contributed by atoms with van der Waals surface area (Å²) in [6.07, 6.45) is 0.0121. The number of imide groups is 1. The van der Waals surface area contributed by atoms with Gasteiger partial charge in [0.15, 0.2) is 5.78 Å². The summed E-state index contributed by atoms with van der Waals surface area (Å²) in [5.74, 6) is -2.54. The van der Waals surface area contributed by atoms with E-state index in [1.165, 1.54) is 12.1 Å². The average molecular weight is 359 g/mol. The van der Waals surface area contributed by atoms with Crippen molar-refractivity contribution in [2.24, 2.45) is 16.7 Å². The van der Waals surface area contributed by atoms with Gasteiger partial charge in [-0.3, -0.25) is 14.4 Å². The van der Waals surface area contributed by atoms with E-state index < -0.39 is 34.5 Å². The van der Waals surface area contributed by atoms with Crippen LogP contribution in [0, 0.1) is 16.7 Å². The van der Waals surface area contributed by atoms with Gasteiger partial charge in [-0.1, -0.05) is 53.7 Å². The van der Waals surface area contributed by atoms with Crippen molar-refractivity contribution < 1.29 is 24.0 Å². The quantitative estimate of drug-likeness (QED) is 0.610. The number of carbonyl (C=O) groups is 4. The molecule has 1 aromatic carbocycles. The summed E-state index contributed by atoms with van der Waals surface area (Å²) in [5.41, 5.74) is -0.519. The van der Waals surface area contributed by atoms with Gasteiger partial charge >= 0.3 is 5.97 Å². The number of hydrogen-bond acceptors (Lipinski definition) is 5. The largest absolute Gasteiger partial charge is 0.363 e. The lowest BCUT2D eigenvalue weighted by atomic mass is 9.80. The Hall–Kier alpha value is -2.50. The number of hydroxylamine groups is 2. The van der Waals surface area contributed by atoms with Crippen molar-refractivity contribution in [3.05, 3.63) is 35.4 Å². The Morgan fingerprint density at radius 3 is 2.12 bits per heavy atom. The fraction of sp³-hybridized carbons (Fsp3) is 0.500. The van der Waals surface area contributed by atoms with Crippen LogP contribution in [0.4, 0.5) is 0 Å². The van der Waals surface area contributed by atoms with Crippen molar-refractivity contribution in [1.29, 1.82) is 0 Å². The first-order chi connectivity index (χ1) is 11.8. The Bertz CT molecular complexity index is 767. The second-order valence-electron chi connectivity index (χ2n) is 8.69. The molecule has 0 aliphatic carbocycles. The third-order valence-corrected chi connectivity index (χ3v) is 4.36. The van der Waals surface area contributed by atoms with E-state index in [0.29, 0.717) is 10.6 Å². The number of benzene rings is 1.